The van der Waals surface area contributed by atoms with Crippen LogP contribution in [0.1, 0.15) is 35.7 Å². The standard InChI is InChI=1S/C19H28N2O3.ClH/c1-5-7-14-11-15(12-17(23-3)18(14)24-4)19(22)21(10-6-2)16-8-9-20-13-16;/h5,11-12,16,20H,1,6-10,13H2,2-4H3;1H. The van der Waals surface area contributed by atoms with Crippen molar-refractivity contribution in [2.45, 2.75) is 32.2 Å². The number of hydrogen-bond acceptors (Lipinski definition) is 4. The summed E-state index contributed by atoms with van der Waals surface area (Å²) in [5.74, 6) is 1.30. The Morgan fingerprint density at radius 3 is 2.68 bits per heavy atom. The van der Waals surface area contributed by atoms with E-state index in [4.69, 9.17) is 9.47 Å². The lowest BCUT2D eigenvalue weighted by Gasteiger charge is -2.29. The van der Waals surface area contributed by atoms with Crippen LogP contribution in [0.15, 0.2) is 24.8 Å². The van der Waals surface area contributed by atoms with Crippen LogP contribution in [-0.4, -0.2) is 50.7 Å². The van der Waals surface area contributed by atoms with Crippen molar-refractivity contribution in [3.63, 3.8) is 0 Å². The van der Waals surface area contributed by atoms with Gasteiger partial charge in [-0.2, -0.15) is 0 Å². The number of hydrogen-bond donors (Lipinski definition) is 1. The average Bonchev–Trinajstić information content (AvgIpc) is 3.12. The molecule has 1 heterocycles. The number of carbonyl (C=O) groups excluding carboxylic acids is 1. The summed E-state index contributed by atoms with van der Waals surface area (Å²) < 4.78 is 10.9. The Hall–Kier alpha value is -1.72. The number of nitrogens with zero attached hydrogens (tertiary/aromatic N) is 1. The summed E-state index contributed by atoms with van der Waals surface area (Å²) in [5.41, 5.74) is 1.56. The summed E-state index contributed by atoms with van der Waals surface area (Å²) in [7, 11) is 3.20. The van der Waals surface area contributed by atoms with Gasteiger partial charge in [0.1, 0.15) is 0 Å². The highest BCUT2D eigenvalue weighted by Gasteiger charge is 2.27. The first-order chi connectivity index (χ1) is 11.7. The minimum atomic E-state index is 0. The van der Waals surface area contributed by atoms with Gasteiger partial charge < -0.3 is 19.7 Å². The molecule has 1 atom stereocenters. The van der Waals surface area contributed by atoms with Crippen molar-refractivity contribution >= 4 is 18.3 Å². The van der Waals surface area contributed by atoms with Gasteiger partial charge in [-0.15, -0.1) is 19.0 Å². The van der Waals surface area contributed by atoms with E-state index in [2.05, 4.69) is 18.8 Å². The van der Waals surface area contributed by atoms with Gasteiger partial charge in [0.05, 0.1) is 14.2 Å². The number of methoxy groups -OCH3 is 2. The summed E-state index contributed by atoms with van der Waals surface area (Å²) in [6.07, 6.45) is 4.36. The first-order valence-corrected chi connectivity index (χ1v) is 8.53. The molecular weight excluding hydrogens is 340 g/mol. The zero-order chi connectivity index (χ0) is 17.5. The Labute approximate surface area is 156 Å². The maximum atomic E-state index is 13.1. The van der Waals surface area contributed by atoms with Crippen molar-refractivity contribution < 1.29 is 14.3 Å². The van der Waals surface area contributed by atoms with Gasteiger partial charge in [-0.1, -0.05) is 13.0 Å². The van der Waals surface area contributed by atoms with Gasteiger partial charge >= 0.3 is 0 Å². The van der Waals surface area contributed by atoms with Crippen LogP contribution in [0.25, 0.3) is 0 Å². The second-order valence-corrected chi connectivity index (χ2v) is 6.01. The number of rotatable bonds is 8. The van der Waals surface area contributed by atoms with E-state index in [1.165, 1.54) is 0 Å². The van der Waals surface area contributed by atoms with Crippen LogP contribution in [0.4, 0.5) is 0 Å². The molecule has 1 saturated heterocycles. The summed E-state index contributed by atoms with van der Waals surface area (Å²) in [6, 6.07) is 3.93. The highest BCUT2D eigenvalue weighted by atomic mass is 35.5. The number of ether oxygens (including phenoxy) is 2. The summed E-state index contributed by atoms with van der Waals surface area (Å²) in [5, 5.41) is 3.34. The van der Waals surface area contributed by atoms with E-state index < -0.39 is 0 Å². The fourth-order valence-corrected chi connectivity index (χ4v) is 3.24. The Bertz CT molecular complexity index is 586. The Balaban J connectivity index is 0.00000312. The molecule has 2 rings (SSSR count). The molecule has 6 heteroatoms. The Morgan fingerprint density at radius 1 is 1.40 bits per heavy atom. The molecule has 140 valence electrons. The van der Waals surface area contributed by atoms with E-state index in [1.807, 2.05) is 11.0 Å². The van der Waals surface area contributed by atoms with Crippen LogP contribution in [0, 0.1) is 0 Å². The minimum Gasteiger partial charge on any atom is -0.493 e. The second kappa shape index (κ2) is 10.3. The molecule has 1 unspecified atom stereocenters. The number of amides is 1. The molecule has 1 fully saturated rings. The summed E-state index contributed by atoms with van der Waals surface area (Å²) in [6.45, 7) is 8.47. The first kappa shape index (κ1) is 21.3. The quantitative estimate of drug-likeness (QED) is 0.716. The predicted octanol–water partition coefficient (Wildman–Crippen LogP) is 3.07. The number of halogens is 1. The lowest BCUT2D eigenvalue weighted by atomic mass is 10.0. The molecule has 0 saturated carbocycles. The van der Waals surface area contributed by atoms with E-state index in [0.29, 0.717) is 23.5 Å². The fourth-order valence-electron chi connectivity index (χ4n) is 3.24. The maximum Gasteiger partial charge on any atom is 0.254 e. The molecule has 1 aliphatic rings. The zero-order valence-electron chi connectivity index (χ0n) is 15.3. The molecule has 0 aromatic heterocycles. The fraction of sp³-hybridized carbons (Fsp3) is 0.526. The minimum absolute atomic E-state index is 0. The molecule has 1 aromatic rings. The SMILES string of the molecule is C=CCc1cc(C(=O)N(CCC)C2CCNC2)cc(OC)c1OC.Cl. The van der Waals surface area contributed by atoms with Crippen LogP contribution >= 0.6 is 12.4 Å². The van der Waals surface area contributed by atoms with Crippen molar-refractivity contribution in [2.75, 3.05) is 33.9 Å². The summed E-state index contributed by atoms with van der Waals surface area (Å²) >= 11 is 0. The highest BCUT2D eigenvalue weighted by Crippen LogP contribution is 2.34. The van der Waals surface area contributed by atoms with Crippen LogP contribution in [0.3, 0.4) is 0 Å². The van der Waals surface area contributed by atoms with Gasteiger partial charge in [0, 0.05) is 30.3 Å². The van der Waals surface area contributed by atoms with Crippen LogP contribution in [0.2, 0.25) is 0 Å². The van der Waals surface area contributed by atoms with Gasteiger partial charge in [0.15, 0.2) is 11.5 Å². The number of allylic oxidation sites excluding steroid dienone is 1. The largest absolute Gasteiger partial charge is 0.493 e. The third-order valence-corrected chi connectivity index (χ3v) is 4.37. The van der Waals surface area contributed by atoms with Crippen molar-refractivity contribution in [3.8, 4) is 11.5 Å². The summed E-state index contributed by atoms with van der Waals surface area (Å²) in [4.78, 5) is 15.1. The van der Waals surface area contributed by atoms with Crippen molar-refractivity contribution in [1.82, 2.24) is 10.2 Å². The predicted molar refractivity (Wildman–Crippen MR) is 103 cm³/mol. The third kappa shape index (κ3) is 4.89. The van der Waals surface area contributed by atoms with Gasteiger partial charge in [0.25, 0.3) is 5.91 Å². The van der Waals surface area contributed by atoms with Crippen molar-refractivity contribution in [1.29, 1.82) is 0 Å². The van der Waals surface area contributed by atoms with Gasteiger partial charge in [0.2, 0.25) is 0 Å². The third-order valence-electron chi connectivity index (χ3n) is 4.37. The van der Waals surface area contributed by atoms with E-state index in [9.17, 15) is 4.79 Å². The Morgan fingerprint density at radius 2 is 2.16 bits per heavy atom. The van der Waals surface area contributed by atoms with E-state index in [-0.39, 0.29) is 24.4 Å². The number of nitrogens with one attached hydrogen (secondary N) is 1. The molecule has 0 bridgehead atoms. The Kier molecular flexibility index (Phi) is 8.79. The van der Waals surface area contributed by atoms with Crippen molar-refractivity contribution in [3.05, 3.63) is 35.9 Å². The normalized spacial score (nSPS) is 16.0. The molecule has 1 N–H and O–H groups in total. The zero-order valence-corrected chi connectivity index (χ0v) is 16.2. The van der Waals surface area contributed by atoms with E-state index >= 15 is 0 Å². The molecule has 5 nitrogen and oxygen atoms in total. The molecule has 1 aromatic carbocycles. The average molecular weight is 369 g/mol. The molecular formula is C19H29ClN2O3. The molecule has 0 radical (unpaired) electrons. The van der Waals surface area contributed by atoms with Crippen LogP contribution in [0.5, 0.6) is 11.5 Å². The molecule has 1 amide bonds. The molecule has 1 aliphatic heterocycles. The monoisotopic (exact) mass is 368 g/mol. The first-order valence-electron chi connectivity index (χ1n) is 8.53. The van der Waals surface area contributed by atoms with Crippen LogP contribution < -0.4 is 14.8 Å². The number of benzene rings is 1. The molecule has 25 heavy (non-hydrogen) atoms. The van der Waals surface area contributed by atoms with Gasteiger partial charge in [-0.05, 0) is 37.9 Å². The smallest absolute Gasteiger partial charge is 0.254 e. The maximum absolute atomic E-state index is 13.1. The topological polar surface area (TPSA) is 50.8 Å². The molecule has 0 aliphatic carbocycles. The van der Waals surface area contributed by atoms with E-state index in [1.54, 1.807) is 26.4 Å². The number of carbonyl (C=O) groups is 1. The second-order valence-electron chi connectivity index (χ2n) is 6.01. The lowest BCUT2D eigenvalue weighted by molar-refractivity contribution is 0.0691. The molecule has 0 spiro atoms. The van der Waals surface area contributed by atoms with Gasteiger partial charge in [-0.25, -0.2) is 0 Å². The van der Waals surface area contributed by atoms with Crippen LogP contribution in [-0.2, 0) is 6.42 Å². The van der Waals surface area contributed by atoms with E-state index in [0.717, 1.165) is 38.0 Å². The van der Waals surface area contributed by atoms with Gasteiger partial charge in [-0.3, -0.25) is 4.79 Å². The highest BCUT2D eigenvalue weighted by molar-refractivity contribution is 5.95. The lowest BCUT2D eigenvalue weighted by Crippen LogP contribution is -2.42. The van der Waals surface area contributed by atoms with Crippen molar-refractivity contribution in [2.24, 2.45) is 0 Å².